The Morgan fingerprint density at radius 2 is 2.00 bits per heavy atom. The molecule has 2 nitrogen and oxygen atoms in total. The number of carbonyl (C=O) groups is 1. The predicted molar refractivity (Wildman–Crippen MR) is 52.4 cm³/mol. The largest absolute Gasteiger partial charge is 0.344 e. The maximum Gasteiger partial charge on any atom is 0.227 e. The Balaban J connectivity index is 4.18. The van der Waals surface area contributed by atoms with E-state index in [0.29, 0.717) is 12.4 Å². The van der Waals surface area contributed by atoms with Crippen molar-refractivity contribution in [2.45, 2.75) is 27.2 Å². The SMILES string of the molecule is CCC(C)(C)C(=O)N(C)CCCl. The molecule has 72 valence electrons. The Morgan fingerprint density at radius 3 is 2.33 bits per heavy atom. The van der Waals surface area contributed by atoms with Gasteiger partial charge in [0.15, 0.2) is 0 Å². The summed E-state index contributed by atoms with van der Waals surface area (Å²) in [4.78, 5) is 13.3. The van der Waals surface area contributed by atoms with E-state index >= 15 is 0 Å². The molecule has 0 bridgehead atoms. The number of carbonyl (C=O) groups excluding carboxylic acids is 1. The third-order valence-electron chi connectivity index (χ3n) is 2.23. The van der Waals surface area contributed by atoms with E-state index in [4.69, 9.17) is 11.6 Å². The lowest BCUT2D eigenvalue weighted by Crippen LogP contribution is -2.39. The highest BCUT2D eigenvalue weighted by Crippen LogP contribution is 2.22. The molecule has 1 amide bonds. The predicted octanol–water partition coefficient (Wildman–Crippen LogP) is 2.12. The summed E-state index contributed by atoms with van der Waals surface area (Å²) < 4.78 is 0. The molecule has 0 aromatic carbocycles. The van der Waals surface area contributed by atoms with Gasteiger partial charge >= 0.3 is 0 Å². The highest BCUT2D eigenvalue weighted by molar-refractivity contribution is 6.18. The van der Waals surface area contributed by atoms with Crippen LogP contribution in [0.5, 0.6) is 0 Å². The number of rotatable bonds is 4. The van der Waals surface area contributed by atoms with Gasteiger partial charge in [-0.2, -0.15) is 0 Å². The van der Waals surface area contributed by atoms with Crippen molar-refractivity contribution >= 4 is 17.5 Å². The molecule has 0 fully saturated rings. The Kier molecular flexibility index (Phi) is 4.61. The lowest BCUT2D eigenvalue weighted by molar-refractivity contribution is -0.138. The van der Waals surface area contributed by atoms with Crippen molar-refractivity contribution in [3.8, 4) is 0 Å². The molecule has 12 heavy (non-hydrogen) atoms. The summed E-state index contributed by atoms with van der Waals surface area (Å²) in [6.07, 6.45) is 0.860. The van der Waals surface area contributed by atoms with Crippen LogP contribution in [-0.4, -0.2) is 30.3 Å². The molecule has 0 saturated heterocycles. The zero-order valence-electron chi connectivity index (χ0n) is 8.35. The number of hydrogen-bond acceptors (Lipinski definition) is 1. The van der Waals surface area contributed by atoms with E-state index in [2.05, 4.69) is 0 Å². The number of nitrogens with zero attached hydrogens (tertiary/aromatic N) is 1. The van der Waals surface area contributed by atoms with E-state index in [1.54, 1.807) is 11.9 Å². The van der Waals surface area contributed by atoms with Gasteiger partial charge in [0, 0.05) is 24.9 Å². The second-order valence-electron chi connectivity index (χ2n) is 3.65. The van der Waals surface area contributed by atoms with Gasteiger partial charge in [0.1, 0.15) is 0 Å². The number of amides is 1. The van der Waals surface area contributed by atoms with Crippen molar-refractivity contribution in [2.24, 2.45) is 5.41 Å². The molecule has 0 aliphatic rings. The van der Waals surface area contributed by atoms with Crippen molar-refractivity contribution < 1.29 is 4.79 Å². The van der Waals surface area contributed by atoms with Crippen LogP contribution in [0.4, 0.5) is 0 Å². The Labute approximate surface area is 79.9 Å². The summed E-state index contributed by atoms with van der Waals surface area (Å²) in [6, 6.07) is 0. The third-order valence-corrected chi connectivity index (χ3v) is 2.40. The second kappa shape index (κ2) is 4.70. The average molecular weight is 192 g/mol. The molecule has 0 unspecified atom stereocenters. The zero-order chi connectivity index (χ0) is 9.78. The van der Waals surface area contributed by atoms with Crippen molar-refractivity contribution in [1.82, 2.24) is 4.90 Å². The van der Waals surface area contributed by atoms with E-state index in [-0.39, 0.29) is 11.3 Å². The summed E-state index contributed by atoms with van der Waals surface area (Å²) in [5, 5.41) is 0. The molecule has 0 aromatic rings. The average Bonchev–Trinajstić information content (AvgIpc) is 2.03. The summed E-state index contributed by atoms with van der Waals surface area (Å²) in [5.74, 6) is 0.674. The van der Waals surface area contributed by atoms with E-state index in [9.17, 15) is 4.79 Å². The fourth-order valence-corrected chi connectivity index (χ4v) is 1.15. The highest BCUT2D eigenvalue weighted by Gasteiger charge is 2.27. The first-order chi connectivity index (χ1) is 5.45. The summed E-state index contributed by atoms with van der Waals surface area (Å²) in [6.45, 7) is 6.57. The first kappa shape index (κ1) is 11.8. The maximum absolute atomic E-state index is 11.7. The monoisotopic (exact) mass is 191 g/mol. The van der Waals surface area contributed by atoms with Crippen molar-refractivity contribution in [2.75, 3.05) is 19.5 Å². The van der Waals surface area contributed by atoms with Crippen LogP contribution in [-0.2, 0) is 4.79 Å². The fraction of sp³-hybridized carbons (Fsp3) is 0.889. The molecule has 0 heterocycles. The quantitative estimate of drug-likeness (QED) is 0.624. The van der Waals surface area contributed by atoms with Crippen LogP contribution >= 0.6 is 11.6 Å². The van der Waals surface area contributed by atoms with Crippen LogP contribution in [0, 0.1) is 5.41 Å². The van der Waals surface area contributed by atoms with Crippen molar-refractivity contribution in [1.29, 1.82) is 0 Å². The Hall–Kier alpha value is -0.240. The van der Waals surface area contributed by atoms with Crippen LogP contribution in [0.25, 0.3) is 0 Å². The minimum atomic E-state index is -0.249. The highest BCUT2D eigenvalue weighted by atomic mass is 35.5. The molecule has 0 aliphatic heterocycles. The molecule has 0 saturated carbocycles. The Bertz CT molecular complexity index is 157. The van der Waals surface area contributed by atoms with Gasteiger partial charge in [-0.3, -0.25) is 4.79 Å². The van der Waals surface area contributed by atoms with Gasteiger partial charge in [0.25, 0.3) is 0 Å². The van der Waals surface area contributed by atoms with E-state index < -0.39 is 0 Å². The van der Waals surface area contributed by atoms with Crippen LogP contribution in [0.3, 0.4) is 0 Å². The van der Waals surface area contributed by atoms with Gasteiger partial charge in [0.2, 0.25) is 5.91 Å². The molecule has 3 heteroatoms. The van der Waals surface area contributed by atoms with Gasteiger partial charge in [-0.1, -0.05) is 20.8 Å². The Morgan fingerprint density at radius 1 is 1.50 bits per heavy atom. The summed E-state index contributed by atoms with van der Waals surface area (Å²) in [5.41, 5.74) is -0.249. The maximum atomic E-state index is 11.7. The minimum Gasteiger partial charge on any atom is -0.344 e. The van der Waals surface area contributed by atoms with Crippen LogP contribution < -0.4 is 0 Å². The summed E-state index contributed by atoms with van der Waals surface area (Å²) in [7, 11) is 1.79. The molecular weight excluding hydrogens is 174 g/mol. The topological polar surface area (TPSA) is 20.3 Å². The molecule has 0 aliphatic carbocycles. The van der Waals surface area contributed by atoms with Gasteiger partial charge < -0.3 is 4.90 Å². The molecule has 0 rings (SSSR count). The van der Waals surface area contributed by atoms with E-state index in [1.165, 1.54) is 0 Å². The van der Waals surface area contributed by atoms with Crippen LogP contribution in [0.15, 0.2) is 0 Å². The number of halogens is 1. The van der Waals surface area contributed by atoms with Crippen molar-refractivity contribution in [3.05, 3.63) is 0 Å². The van der Waals surface area contributed by atoms with Gasteiger partial charge in [-0.15, -0.1) is 11.6 Å². The second-order valence-corrected chi connectivity index (χ2v) is 4.03. The van der Waals surface area contributed by atoms with Crippen LogP contribution in [0.1, 0.15) is 27.2 Å². The standard InChI is InChI=1S/C9H18ClNO/c1-5-9(2,3)8(12)11(4)7-6-10/h5-7H2,1-4H3. The van der Waals surface area contributed by atoms with Crippen LogP contribution in [0.2, 0.25) is 0 Å². The van der Waals surface area contributed by atoms with E-state index in [0.717, 1.165) is 6.42 Å². The fourth-order valence-electron chi connectivity index (χ4n) is 0.896. The normalized spacial score (nSPS) is 11.4. The lowest BCUT2D eigenvalue weighted by Gasteiger charge is -2.27. The minimum absolute atomic E-state index is 0.172. The zero-order valence-corrected chi connectivity index (χ0v) is 9.11. The van der Waals surface area contributed by atoms with E-state index in [1.807, 2.05) is 20.8 Å². The molecular formula is C9H18ClNO. The van der Waals surface area contributed by atoms with Gasteiger partial charge in [0.05, 0.1) is 0 Å². The van der Waals surface area contributed by atoms with Gasteiger partial charge in [-0.05, 0) is 6.42 Å². The lowest BCUT2D eigenvalue weighted by atomic mass is 9.89. The van der Waals surface area contributed by atoms with Gasteiger partial charge in [-0.25, -0.2) is 0 Å². The first-order valence-electron chi connectivity index (χ1n) is 4.27. The third kappa shape index (κ3) is 3.02. The molecule has 0 N–H and O–H groups in total. The first-order valence-corrected chi connectivity index (χ1v) is 4.80. The molecule has 0 aromatic heterocycles. The molecule has 0 atom stereocenters. The number of hydrogen-bond donors (Lipinski definition) is 0. The summed E-state index contributed by atoms with van der Waals surface area (Å²) >= 11 is 5.54. The smallest absolute Gasteiger partial charge is 0.227 e. The molecule has 0 radical (unpaired) electrons. The molecule has 0 spiro atoms. The number of alkyl halides is 1. The van der Waals surface area contributed by atoms with Crippen molar-refractivity contribution in [3.63, 3.8) is 0 Å².